The number of carbonyl (C=O) groups excluding carboxylic acids is 1. The fourth-order valence-electron chi connectivity index (χ4n) is 3.09. The lowest BCUT2D eigenvalue weighted by Gasteiger charge is -2.31. The van der Waals surface area contributed by atoms with Gasteiger partial charge >= 0.3 is 0 Å². The Morgan fingerprint density at radius 1 is 1.17 bits per heavy atom. The summed E-state index contributed by atoms with van der Waals surface area (Å²) in [6.45, 7) is 7.12. The summed E-state index contributed by atoms with van der Waals surface area (Å²) in [6.07, 6.45) is 1.17. The number of rotatable bonds is 7. The molecule has 0 aliphatic carbocycles. The number of sulfonamides is 1. The van der Waals surface area contributed by atoms with E-state index in [9.17, 15) is 23.3 Å². The molecule has 0 saturated heterocycles. The summed E-state index contributed by atoms with van der Waals surface area (Å²) >= 11 is 0. The normalized spacial score (nSPS) is 12.3. The average molecular weight is 420 g/mol. The Hall–Kier alpha value is -2.94. The highest BCUT2D eigenvalue weighted by Crippen LogP contribution is 2.30. The van der Waals surface area contributed by atoms with Crippen molar-refractivity contribution >= 4 is 33.0 Å². The van der Waals surface area contributed by atoms with Crippen LogP contribution < -0.4 is 9.62 Å². The summed E-state index contributed by atoms with van der Waals surface area (Å²) in [7, 11) is -3.90. The third kappa shape index (κ3) is 4.92. The number of amides is 1. The summed E-state index contributed by atoms with van der Waals surface area (Å²) in [5, 5.41) is 14.0. The summed E-state index contributed by atoms with van der Waals surface area (Å²) in [5.41, 5.74) is 2.85. The summed E-state index contributed by atoms with van der Waals surface area (Å²) in [4.78, 5) is 23.6. The fraction of sp³-hybridized carbons (Fsp3) is 0.350. The van der Waals surface area contributed by atoms with Gasteiger partial charge in [-0.25, -0.2) is 8.42 Å². The maximum Gasteiger partial charge on any atom is 0.271 e. The summed E-state index contributed by atoms with van der Waals surface area (Å²) < 4.78 is 26.2. The van der Waals surface area contributed by atoms with Crippen molar-refractivity contribution in [1.82, 2.24) is 0 Å². The molecule has 0 aliphatic heterocycles. The van der Waals surface area contributed by atoms with Gasteiger partial charge in [-0.3, -0.25) is 19.2 Å². The Labute approximate surface area is 170 Å². The average Bonchev–Trinajstić information content (AvgIpc) is 2.63. The Morgan fingerprint density at radius 3 is 2.38 bits per heavy atom. The molecule has 0 bridgehead atoms. The molecule has 0 heterocycles. The number of hydrogen-bond acceptors (Lipinski definition) is 5. The van der Waals surface area contributed by atoms with Gasteiger partial charge in [0.1, 0.15) is 6.04 Å². The molecule has 0 aromatic heterocycles. The van der Waals surface area contributed by atoms with Crippen LogP contribution in [-0.4, -0.2) is 31.5 Å². The number of hydrogen-bond donors (Lipinski definition) is 1. The molecule has 0 saturated carbocycles. The van der Waals surface area contributed by atoms with Gasteiger partial charge < -0.3 is 5.32 Å². The molecule has 0 unspecified atom stereocenters. The van der Waals surface area contributed by atoms with Gasteiger partial charge in [0.15, 0.2) is 0 Å². The standard InChI is InChI=1S/C20H25N3O5S/c1-6-18(20(24)21-17-9-7-8-13(2)15(17)4)22(29(5,27)28)19-12-16(23(25)26)11-10-14(19)3/h7-12,18H,6H2,1-5H3,(H,21,24)/t18-/m1/s1. The van der Waals surface area contributed by atoms with E-state index in [4.69, 9.17) is 0 Å². The molecule has 1 amide bonds. The molecular weight excluding hydrogens is 394 g/mol. The summed E-state index contributed by atoms with van der Waals surface area (Å²) in [6, 6.07) is 8.36. The number of nitrogens with zero attached hydrogens (tertiary/aromatic N) is 2. The van der Waals surface area contributed by atoms with Crippen molar-refractivity contribution in [2.24, 2.45) is 0 Å². The quantitative estimate of drug-likeness (QED) is 0.543. The van der Waals surface area contributed by atoms with Crippen molar-refractivity contribution in [2.75, 3.05) is 15.9 Å². The van der Waals surface area contributed by atoms with E-state index in [0.717, 1.165) is 21.7 Å². The van der Waals surface area contributed by atoms with E-state index in [-0.39, 0.29) is 17.8 Å². The monoisotopic (exact) mass is 419 g/mol. The Balaban J connectivity index is 2.53. The molecule has 8 nitrogen and oxygen atoms in total. The SMILES string of the molecule is CC[C@H](C(=O)Nc1cccc(C)c1C)N(c1cc([N+](=O)[O-])ccc1C)S(C)(=O)=O. The molecule has 2 rings (SSSR count). The van der Waals surface area contributed by atoms with Gasteiger partial charge in [-0.1, -0.05) is 25.1 Å². The minimum absolute atomic E-state index is 0.115. The van der Waals surface area contributed by atoms with E-state index in [1.54, 1.807) is 26.0 Å². The molecule has 9 heteroatoms. The van der Waals surface area contributed by atoms with Crippen LogP contribution in [0.4, 0.5) is 17.1 Å². The Morgan fingerprint density at radius 2 is 1.83 bits per heavy atom. The van der Waals surface area contributed by atoms with Crippen LogP contribution in [0.25, 0.3) is 0 Å². The van der Waals surface area contributed by atoms with Gasteiger partial charge in [-0.2, -0.15) is 0 Å². The second-order valence-corrected chi connectivity index (χ2v) is 8.81. The highest BCUT2D eigenvalue weighted by Gasteiger charge is 2.33. The lowest BCUT2D eigenvalue weighted by atomic mass is 10.1. The Bertz CT molecular complexity index is 1050. The van der Waals surface area contributed by atoms with Gasteiger partial charge in [-0.15, -0.1) is 0 Å². The molecule has 0 fully saturated rings. The van der Waals surface area contributed by atoms with Crippen molar-refractivity contribution < 1.29 is 18.1 Å². The predicted molar refractivity (Wildman–Crippen MR) is 114 cm³/mol. The first-order valence-electron chi connectivity index (χ1n) is 9.08. The van der Waals surface area contributed by atoms with Crippen molar-refractivity contribution in [3.63, 3.8) is 0 Å². The number of carbonyl (C=O) groups is 1. The summed E-state index contributed by atoms with van der Waals surface area (Å²) in [5.74, 6) is -0.502. The van der Waals surface area contributed by atoms with E-state index in [1.165, 1.54) is 18.2 Å². The maximum absolute atomic E-state index is 13.0. The zero-order chi connectivity index (χ0) is 21.9. The van der Waals surface area contributed by atoms with Crippen molar-refractivity contribution in [3.8, 4) is 0 Å². The topological polar surface area (TPSA) is 110 Å². The number of nitro benzene ring substituents is 1. The number of nitrogens with one attached hydrogen (secondary N) is 1. The van der Waals surface area contributed by atoms with Crippen LogP contribution in [0.5, 0.6) is 0 Å². The van der Waals surface area contributed by atoms with Crippen molar-refractivity contribution in [3.05, 3.63) is 63.2 Å². The van der Waals surface area contributed by atoms with Crippen molar-refractivity contribution in [2.45, 2.75) is 40.2 Å². The fourth-order valence-corrected chi connectivity index (χ4v) is 4.35. The number of aryl methyl sites for hydroxylation is 2. The molecule has 2 aromatic rings. The molecular formula is C20H25N3O5S. The van der Waals surface area contributed by atoms with Crippen LogP contribution in [0.15, 0.2) is 36.4 Å². The largest absolute Gasteiger partial charge is 0.324 e. The highest BCUT2D eigenvalue weighted by atomic mass is 32.2. The molecule has 1 N–H and O–H groups in total. The van der Waals surface area contributed by atoms with Crippen molar-refractivity contribution in [1.29, 1.82) is 0 Å². The third-order valence-corrected chi connectivity index (χ3v) is 6.00. The smallest absolute Gasteiger partial charge is 0.271 e. The lowest BCUT2D eigenvalue weighted by Crippen LogP contribution is -2.47. The third-order valence-electron chi connectivity index (χ3n) is 4.83. The first-order valence-corrected chi connectivity index (χ1v) is 10.9. The second kappa shape index (κ2) is 8.60. The number of benzene rings is 2. The zero-order valence-corrected chi connectivity index (χ0v) is 17.9. The second-order valence-electron chi connectivity index (χ2n) is 6.95. The van der Waals surface area contributed by atoms with Crippen LogP contribution in [0.3, 0.4) is 0 Å². The van der Waals surface area contributed by atoms with Crippen LogP contribution in [0.1, 0.15) is 30.0 Å². The van der Waals surface area contributed by atoms with E-state index < -0.39 is 26.9 Å². The molecule has 0 spiro atoms. The zero-order valence-electron chi connectivity index (χ0n) is 17.1. The van der Waals surface area contributed by atoms with E-state index in [0.29, 0.717) is 11.3 Å². The van der Waals surface area contributed by atoms with Gasteiger partial charge in [0, 0.05) is 17.8 Å². The van der Waals surface area contributed by atoms with E-state index in [2.05, 4.69) is 5.32 Å². The van der Waals surface area contributed by atoms with Crippen LogP contribution in [0, 0.1) is 30.9 Å². The number of anilines is 2. The molecule has 2 aromatic carbocycles. The molecule has 1 atom stereocenters. The molecule has 0 radical (unpaired) electrons. The predicted octanol–water partition coefficient (Wildman–Crippen LogP) is 3.70. The Kier molecular flexibility index (Phi) is 6.63. The lowest BCUT2D eigenvalue weighted by molar-refractivity contribution is -0.384. The molecule has 29 heavy (non-hydrogen) atoms. The highest BCUT2D eigenvalue weighted by molar-refractivity contribution is 7.92. The minimum Gasteiger partial charge on any atom is -0.324 e. The number of nitro groups is 1. The van der Waals surface area contributed by atoms with Gasteiger partial charge in [-0.05, 0) is 49.9 Å². The minimum atomic E-state index is -3.90. The van der Waals surface area contributed by atoms with Crippen LogP contribution in [0.2, 0.25) is 0 Å². The van der Waals surface area contributed by atoms with Gasteiger partial charge in [0.2, 0.25) is 15.9 Å². The van der Waals surface area contributed by atoms with Gasteiger partial charge in [0.05, 0.1) is 16.9 Å². The first-order chi connectivity index (χ1) is 13.5. The molecule has 156 valence electrons. The number of non-ortho nitro benzene ring substituents is 1. The van der Waals surface area contributed by atoms with Crippen LogP contribution >= 0.6 is 0 Å². The first kappa shape index (κ1) is 22.4. The maximum atomic E-state index is 13.0. The van der Waals surface area contributed by atoms with Crippen LogP contribution in [-0.2, 0) is 14.8 Å². The van der Waals surface area contributed by atoms with Gasteiger partial charge in [0.25, 0.3) is 5.69 Å². The molecule has 0 aliphatic rings. The van der Waals surface area contributed by atoms with E-state index in [1.807, 2.05) is 19.9 Å². The van der Waals surface area contributed by atoms with E-state index >= 15 is 0 Å².